The molecule has 0 aromatic heterocycles. The molecule has 1 heterocycles. The lowest BCUT2D eigenvalue weighted by Gasteiger charge is -2.32. The second-order valence-electron chi connectivity index (χ2n) is 3.68. The molecule has 4 nitrogen and oxygen atoms in total. The topological polar surface area (TPSA) is 49.8 Å². The quantitative estimate of drug-likeness (QED) is 0.701. The fourth-order valence-electron chi connectivity index (χ4n) is 1.59. The van der Waals surface area contributed by atoms with Crippen molar-refractivity contribution in [3.05, 3.63) is 0 Å². The van der Waals surface area contributed by atoms with E-state index in [1.54, 1.807) is 4.90 Å². The van der Waals surface area contributed by atoms with Crippen LogP contribution in [0.4, 0.5) is 8.78 Å². The van der Waals surface area contributed by atoms with E-state index in [4.69, 9.17) is 9.84 Å². The van der Waals surface area contributed by atoms with Gasteiger partial charge in [0.05, 0.1) is 13.2 Å². The molecule has 88 valence electrons. The first-order valence-corrected chi connectivity index (χ1v) is 4.89. The summed E-state index contributed by atoms with van der Waals surface area (Å²) in [5, 5.41) is 8.27. The van der Waals surface area contributed by atoms with Gasteiger partial charge >= 0.3 is 5.97 Å². The number of piperidine rings is 1. The molecule has 1 rings (SSSR count). The molecule has 0 aromatic rings. The highest BCUT2D eigenvalue weighted by Gasteiger charge is 2.34. The minimum Gasteiger partial charge on any atom is -0.480 e. The molecule has 0 radical (unpaired) electrons. The van der Waals surface area contributed by atoms with Crippen LogP contribution in [0.3, 0.4) is 0 Å². The third kappa shape index (κ3) is 5.03. The Hall–Kier alpha value is -0.750. The van der Waals surface area contributed by atoms with Crippen LogP contribution in [0.25, 0.3) is 0 Å². The number of ether oxygens (including phenoxy) is 1. The molecule has 0 bridgehead atoms. The standard InChI is InChI=1S/C9H15F2NO3/c10-9(11)2-1-3-12(7-9)4-5-15-6-8(13)14/h1-7H2,(H,13,14). The SMILES string of the molecule is O=C(O)COCCN1CCCC(F)(F)C1. The van der Waals surface area contributed by atoms with Crippen molar-refractivity contribution in [2.45, 2.75) is 18.8 Å². The minimum absolute atomic E-state index is 0.0561. The largest absolute Gasteiger partial charge is 0.480 e. The van der Waals surface area contributed by atoms with Crippen LogP contribution in [-0.4, -0.2) is 54.7 Å². The van der Waals surface area contributed by atoms with Crippen molar-refractivity contribution >= 4 is 5.97 Å². The molecule has 0 aliphatic carbocycles. The lowest BCUT2D eigenvalue weighted by molar-refractivity contribution is -0.142. The van der Waals surface area contributed by atoms with Gasteiger partial charge < -0.3 is 9.84 Å². The summed E-state index contributed by atoms with van der Waals surface area (Å²) in [5.74, 6) is -3.65. The van der Waals surface area contributed by atoms with Crippen molar-refractivity contribution < 1.29 is 23.4 Å². The number of carboxylic acids is 1. The fourth-order valence-corrected chi connectivity index (χ4v) is 1.59. The van der Waals surface area contributed by atoms with E-state index in [2.05, 4.69) is 0 Å². The summed E-state index contributed by atoms with van der Waals surface area (Å²) < 4.78 is 30.6. The first-order chi connectivity index (χ1) is 6.99. The maximum Gasteiger partial charge on any atom is 0.329 e. The molecular weight excluding hydrogens is 208 g/mol. The van der Waals surface area contributed by atoms with Gasteiger partial charge in [0.2, 0.25) is 0 Å². The van der Waals surface area contributed by atoms with Crippen LogP contribution in [0.1, 0.15) is 12.8 Å². The molecule has 0 spiro atoms. The summed E-state index contributed by atoms with van der Waals surface area (Å²) in [6, 6.07) is 0. The van der Waals surface area contributed by atoms with Gasteiger partial charge in [-0.15, -0.1) is 0 Å². The Kier molecular flexibility index (Phi) is 4.41. The first-order valence-electron chi connectivity index (χ1n) is 4.89. The van der Waals surface area contributed by atoms with Crippen molar-refractivity contribution in [2.24, 2.45) is 0 Å². The monoisotopic (exact) mass is 223 g/mol. The Morgan fingerprint density at radius 2 is 2.27 bits per heavy atom. The number of alkyl halides is 2. The molecule has 0 atom stereocenters. The zero-order valence-corrected chi connectivity index (χ0v) is 8.42. The van der Waals surface area contributed by atoms with E-state index in [0.717, 1.165) is 0 Å². The second-order valence-corrected chi connectivity index (χ2v) is 3.68. The Morgan fingerprint density at radius 3 is 2.87 bits per heavy atom. The Morgan fingerprint density at radius 1 is 1.53 bits per heavy atom. The van der Waals surface area contributed by atoms with E-state index in [-0.39, 0.29) is 26.2 Å². The molecule has 0 aromatic carbocycles. The van der Waals surface area contributed by atoms with Crippen molar-refractivity contribution in [2.75, 3.05) is 32.8 Å². The van der Waals surface area contributed by atoms with E-state index in [1.165, 1.54) is 0 Å². The lowest BCUT2D eigenvalue weighted by atomic mass is 10.1. The van der Waals surface area contributed by atoms with E-state index in [0.29, 0.717) is 19.5 Å². The van der Waals surface area contributed by atoms with Crippen LogP contribution in [0, 0.1) is 0 Å². The molecule has 1 fully saturated rings. The fraction of sp³-hybridized carbons (Fsp3) is 0.889. The minimum atomic E-state index is -2.61. The average molecular weight is 223 g/mol. The zero-order valence-electron chi connectivity index (χ0n) is 8.42. The van der Waals surface area contributed by atoms with Gasteiger partial charge in [-0.1, -0.05) is 0 Å². The van der Waals surface area contributed by atoms with E-state index in [9.17, 15) is 13.6 Å². The van der Waals surface area contributed by atoms with Gasteiger partial charge in [-0.25, -0.2) is 13.6 Å². The van der Waals surface area contributed by atoms with Gasteiger partial charge in [-0.05, 0) is 13.0 Å². The highest BCUT2D eigenvalue weighted by atomic mass is 19.3. The number of halogens is 2. The van der Waals surface area contributed by atoms with Gasteiger partial charge in [0.1, 0.15) is 6.61 Å². The summed E-state index contributed by atoms with van der Waals surface area (Å²) in [7, 11) is 0. The predicted octanol–water partition coefficient (Wildman–Crippen LogP) is 0.819. The van der Waals surface area contributed by atoms with Gasteiger partial charge in [0.25, 0.3) is 5.92 Å². The molecule has 0 saturated carbocycles. The van der Waals surface area contributed by atoms with Gasteiger partial charge in [0, 0.05) is 13.0 Å². The third-order valence-electron chi connectivity index (χ3n) is 2.25. The summed E-state index contributed by atoms with van der Waals surface area (Å²) >= 11 is 0. The van der Waals surface area contributed by atoms with E-state index >= 15 is 0 Å². The number of carboxylic acid groups (broad SMARTS) is 1. The molecule has 1 saturated heterocycles. The van der Waals surface area contributed by atoms with Crippen LogP contribution < -0.4 is 0 Å². The van der Waals surface area contributed by atoms with Crippen LogP contribution in [0.15, 0.2) is 0 Å². The number of carbonyl (C=O) groups is 1. The van der Waals surface area contributed by atoms with Crippen LogP contribution in [0.5, 0.6) is 0 Å². The number of hydrogen-bond acceptors (Lipinski definition) is 3. The summed E-state index contributed by atoms with van der Waals surface area (Å²) in [5.41, 5.74) is 0. The molecule has 0 unspecified atom stereocenters. The molecule has 0 amide bonds. The Bertz CT molecular complexity index is 223. The predicted molar refractivity (Wildman–Crippen MR) is 49.1 cm³/mol. The average Bonchev–Trinajstić information content (AvgIpc) is 2.10. The van der Waals surface area contributed by atoms with Crippen LogP contribution >= 0.6 is 0 Å². The molecular formula is C9H15F2NO3. The second kappa shape index (κ2) is 5.37. The van der Waals surface area contributed by atoms with E-state index < -0.39 is 11.9 Å². The van der Waals surface area contributed by atoms with E-state index in [1.807, 2.05) is 0 Å². The highest BCUT2D eigenvalue weighted by Crippen LogP contribution is 2.25. The number of aliphatic carboxylic acids is 1. The molecule has 1 N–H and O–H groups in total. The maximum atomic E-state index is 12.9. The maximum absolute atomic E-state index is 12.9. The molecule has 15 heavy (non-hydrogen) atoms. The molecule has 1 aliphatic heterocycles. The number of likely N-dealkylation sites (tertiary alicyclic amines) is 1. The van der Waals surface area contributed by atoms with Crippen molar-refractivity contribution in [1.82, 2.24) is 4.90 Å². The van der Waals surface area contributed by atoms with Crippen LogP contribution in [0.2, 0.25) is 0 Å². The normalized spacial score (nSPS) is 21.5. The number of nitrogens with zero attached hydrogens (tertiary/aromatic N) is 1. The van der Waals surface area contributed by atoms with Crippen LogP contribution in [-0.2, 0) is 9.53 Å². The van der Waals surface area contributed by atoms with Crippen molar-refractivity contribution in [3.63, 3.8) is 0 Å². The summed E-state index contributed by atoms with van der Waals surface area (Å²) in [6.07, 6.45) is 0.422. The third-order valence-corrected chi connectivity index (χ3v) is 2.25. The van der Waals surface area contributed by atoms with Crippen molar-refractivity contribution in [3.8, 4) is 0 Å². The highest BCUT2D eigenvalue weighted by molar-refractivity contribution is 5.67. The Balaban J connectivity index is 2.13. The van der Waals surface area contributed by atoms with Gasteiger partial charge in [-0.2, -0.15) is 0 Å². The smallest absolute Gasteiger partial charge is 0.329 e. The van der Waals surface area contributed by atoms with Crippen molar-refractivity contribution in [1.29, 1.82) is 0 Å². The number of hydrogen-bond donors (Lipinski definition) is 1. The molecule has 1 aliphatic rings. The zero-order chi connectivity index (χ0) is 11.3. The Labute approximate surface area is 86.8 Å². The first kappa shape index (κ1) is 12.3. The lowest BCUT2D eigenvalue weighted by Crippen LogP contribution is -2.43. The summed E-state index contributed by atoms with van der Waals surface area (Å²) in [4.78, 5) is 11.7. The van der Waals surface area contributed by atoms with Gasteiger partial charge in [-0.3, -0.25) is 4.90 Å². The van der Waals surface area contributed by atoms with Gasteiger partial charge in [0.15, 0.2) is 0 Å². The summed E-state index contributed by atoms with van der Waals surface area (Å²) in [6.45, 7) is 0.560. The number of rotatable bonds is 5. The molecule has 6 heteroatoms.